The topological polar surface area (TPSA) is 148 Å². The van der Waals surface area contributed by atoms with Crippen LogP contribution in [0.25, 0.3) is 0 Å². The van der Waals surface area contributed by atoms with E-state index in [1.165, 1.54) is 20.3 Å². The number of aliphatic hydroxyl groups excluding tert-OH is 1. The molecule has 0 heterocycles. The fraction of sp³-hybridized carbons (Fsp3) is 0.679. The molecule has 0 bridgehead atoms. The first-order valence-corrected chi connectivity index (χ1v) is 15.1. The first-order valence-electron chi connectivity index (χ1n) is 13.1. The highest BCUT2D eigenvalue weighted by Gasteiger charge is 2.34. The Morgan fingerprint density at radius 3 is 2.28 bits per heavy atom. The molecule has 1 rings (SSSR count). The Balaban J connectivity index is 3.20. The van der Waals surface area contributed by atoms with Gasteiger partial charge in [-0.05, 0) is 76.5 Å². The zero-order valence-corrected chi connectivity index (χ0v) is 25.1. The van der Waals surface area contributed by atoms with Crippen LogP contribution in [0.1, 0.15) is 59.9 Å². The molecular formula is C28H45NO9S. The van der Waals surface area contributed by atoms with Crippen LogP contribution in [0.2, 0.25) is 0 Å². The third-order valence-electron chi connectivity index (χ3n) is 6.31. The van der Waals surface area contributed by atoms with Crippen molar-refractivity contribution in [1.29, 1.82) is 0 Å². The van der Waals surface area contributed by atoms with E-state index in [1.54, 1.807) is 12.0 Å². The van der Waals surface area contributed by atoms with Gasteiger partial charge in [0.25, 0.3) is 0 Å². The summed E-state index contributed by atoms with van der Waals surface area (Å²) in [4.78, 5) is 28.9. The van der Waals surface area contributed by atoms with Gasteiger partial charge in [0, 0.05) is 6.26 Å². The van der Waals surface area contributed by atoms with Crippen LogP contribution in [0.5, 0.6) is 11.5 Å². The summed E-state index contributed by atoms with van der Waals surface area (Å²) in [7, 11) is -1.56. The van der Waals surface area contributed by atoms with E-state index in [-0.39, 0.29) is 29.8 Å². The molecule has 0 amide bonds. The van der Waals surface area contributed by atoms with Crippen molar-refractivity contribution >= 4 is 21.7 Å². The molecule has 0 saturated carbocycles. The summed E-state index contributed by atoms with van der Waals surface area (Å²) in [6.45, 7) is 11.1. The minimum absolute atomic E-state index is 0.0137. The number of benzene rings is 1. The number of hydrogen-bond donors (Lipinski definition) is 3. The first-order chi connectivity index (χ1) is 18.0. The Hall–Kier alpha value is -2.43. The Morgan fingerprint density at radius 2 is 1.79 bits per heavy atom. The molecule has 0 radical (unpaired) electrons. The number of ether oxygens (including phenoxy) is 2. The molecule has 0 aliphatic carbocycles. The van der Waals surface area contributed by atoms with Gasteiger partial charge in [-0.2, -0.15) is 5.48 Å². The van der Waals surface area contributed by atoms with Crippen LogP contribution in [0, 0.1) is 17.8 Å². The highest BCUT2D eigenvalue weighted by atomic mass is 32.2. The minimum atomic E-state index is -3.09. The average Bonchev–Trinajstić information content (AvgIpc) is 2.82. The van der Waals surface area contributed by atoms with E-state index < -0.39 is 39.5 Å². The molecular weight excluding hydrogens is 526 g/mol. The zero-order valence-electron chi connectivity index (χ0n) is 24.3. The summed E-state index contributed by atoms with van der Waals surface area (Å²) in [6.07, 6.45) is 1.05. The normalized spacial score (nSPS) is 15.2. The van der Waals surface area contributed by atoms with Gasteiger partial charge in [0.05, 0.1) is 42.6 Å². The van der Waals surface area contributed by atoms with Crippen LogP contribution in [0.15, 0.2) is 23.8 Å². The maximum Gasteiger partial charge on any atom is 0.311 e. The Morgan fingerprint density at radius 1 is 1.15 bits per heavy atom. The number of rotatable bonds is 17. The quantitative estimate of drug-likeness (QED) is 0.145. The van der Waals surface area contributed by atoms with Gasteiger partial charge in [0.15, 0.2) is 11.5 Å². The second kappa shape index (κ2) is 15.4. The van der Waals surface area contributed by atoms with Gasteiger partial charge in [0.1, 0.15) is 21.9 Å². The van der Waals surface area contributed by atoms with Gasteiger partial charge < -0.3 is 19.7 Å². The smallest absolute Gasteiger partial charge is 0.311 e. The Labute approximate surface area is 232 Å². The SMILES string of the molecule is COc1ccc(C[C@@H](C[C@H](NOC(C)(C)C)[C@@H](O)C(=C=O)[C@@H](C)C(=O)O)C(C)C)cc1OCCCS(C)(=O)=O. The largest absolute Gasteiger partial charge is 0.493 e. The van der Waals surface area contributed by atoms with Gasteiger partial charge in [0.2, 0.25) is 0 Å². The second-order valence-corrected chi connectivity index (χ2v) is 13.5. The highest BCUT2D eigenvalue weighted by molar-refractivity contribution is 7.90. The summed E-state index contributed by atoms with van der Waals surface area (Å²) < 4.78 is 34.1. The van der Waals surface area contributed by atoms with Gasteiger partial charge in [-0.15, -0.1) is 0 Å². The van der Waals surface area contributed by atoms with Crippen molar-refractivity contribution in [3.8, 4) is 11.5 Å². The van der Waals surface area contributed by atoms with Crippen molar-refractivity contribution < 1.29 is 42.5 Å². The van der Waals surface area contributed by atoms with Crippen molar-refractivity contribution in [2.24, 2.45) is 17.8 Å². The fourth-order valence-corrected chi connectivity index (χ4v) is 4.58. The Kier molecular flexibility index (Phi) is 13.6. The van der Waals surface area contributed by atoms with Crippen molar-refractivity contribution in [2.45, 2.75) is 78.6 Å². The van der Waals surface area contributed by atoms with Crippen molar-refractivity contribution in [2.75, 3.05) is 25.7 Å². The lowest BCUT2D eigenvalue weighted by molar-refractivity contribution is -0.140. The van der Waals surface area contributed by atoms with E-state index in [0.29, 0.717) is 30.8 Å². The molecule has 0 spiro atoms. The monoisotopic (exact) mass is 571 g/mol. The van der Waals surface area contributed by atoms with Crippen LogP contribution in [0.3, 0.4) is 0 Å². The van der Waals surface area contributed by atoms with E-state index in [4.69, 9.17) is 14.3 Å². The van der Waals surface area contributed by atoms with E-state index >= 15 is 0 Å². The molecule has 10 nitrogen and oxygen atoms in total. The lowest BCUT2D eigenvalue weighted by atomic mass is 9.81. The number of nitrogens with one attached hydrogen (secondary N) is 1. The molecule has 39 heavy (non-hydrogen) atoms. The van der Waals surface area contributed by atoms with E-state index in [0.717, 1.165) is 5.56 Å². The van der Waals surface area contributed by atoms with Crippen LogP contribution in [-0.2, 0) is 30.7 Å². The molecule has 0 saturated heterocycles. The first kappa shape index (κ1) is 34.6. The number of hydrogen-bond acceptors (Lipinski definition) is 9. The highest BCUT2D eigenvalue weighted by Crippen LogP contribution is 2.32. The number of methoxy groups -OCH3 is 1. The molecule has 1 aromatic carbocycles. The molecule has 0 fully saturated rings. The molecule has 4 atom stereocenters. The van der Waals surface area contributed by atoms with E-state index in [2.05, 4.69) is 5.48 Å². The minimum Gasteiger partial charge on any atom is -0.493 e. The summed E-state index contributed by atoms with van der Waals surface area (Å²) >= 11 is 0. The number of aliphatic hydroxyl groups is 1. The average molecular weight is 572 g/mol. The number of hydroxylamine groups is 1. The van der Waals surface area contributed by atoms with Gasteiger partial charge >= 0.3 is 5.97 Å². The molecule has 222 valence electrons. The molecule has 0 aromatic heterocycles. The summed E-state index contributed by atoms with van der Waals surface area (Å²) in [6, 6.07) is 4.77. The molecule has 0 aliphatic heterocycles. The van der Waals surface area contributed by atoms with Crippen molar-refractivity contribution in [3.05, 3.63) is 29.3 Å². The van der Waals surface area contributed by atoms with Crippen LogP contribution < -0.4 is 15.0 Å². The van der Waals surface area contributed by atoms with Crippen LogP contribution >= 0.6 is 0 Å². The molecule has 0 aliphatic rings. The van der Waals surface area contributed by atoms with Crippen LogP contribution in [-0.4, -0.2) is 74.0 Å². The van der Waals surface area contributed by atoms with Crippen molar-refractivity contribution in [1.82, 2.24) is 5.48 Å². The zero-order chi connectivity index (χ0) is 30.0. The van der Waals surface area contributed by atoms with Gasteiger partial charge in [-0.3, -0.25) is 9.63 Å². The number of sulfone groups is 1. The lowest BCUT2D eigenvalue weighted by Gasteiger charge is -2.33. The second-order valence-electron chi connectivity index (χ2n) is 11.3. The fourth-order valence-electron chi connectivity index (χ4n) is 3.93. The standard InChI is InChI=1S/C28H45NO9S/c1-18(2)21(14-20-10-11-24(36-7)25(15-20)37-12-9-13-39(8,34)35)16-23(29-38-28(4,5)6)26(31)22(17-30)19(3)27(32)33/h10-11,15,18-19,21,23,26,29,31H,9,12-14,16H2,1-8H3,(H,32,33)/t19-,21+,23+,26+/m1/s1. The molecule has 0 unspecified atom stereocenters. The third kappa shape index (κ3) is 12.5. The van der Waals surface area contributed by atoms with Gasteiger partial charge in [-0.1, -0.05) is 19.9 Å². The van der Waals surface area contributed by atoms with E-state index in [1.807, 2.05) is 46.8 Å². The maximum atomic E-state index is 11.7. The predicted octanol–water partition coefficient (Wildman–Crippen LogP) is 3.24. The molecule has 11 heteroatoms. The number of carboxylic acids is 1. The number of carbonyl (C=O) groups excluding carboxylic acids is 1. The van der Waals surface area contributed by atoms with E-state index in [9.17, 15) is 28.2 Å². The number of aliphatic carboxylic acids is 1. The number of carbonyl (C=O) groups is 1. The number of carboxylic acid groups (broad SMARTS) is 1. The van der Waals surface area contributed by atoms with Crippen molar-refractivity contribution in [3.63, 3.8) is 0 Å². The van der Waals surface area contributed by atoms with Gasteiger partial charge in [-0.25, -0.2) is 13.2 Å². The predicted molar refractivity (Wildman–Crippen MR) is 149 cm³/mol. The summed E-state index contributed by atoms with van der Waals surface area (Å²) in [5.41, 5.74) is 2.95. The molecule has 1 aromatic rings. The summed E-state index contributed by atoms with van der Waals surface area (Å²) in [5.74, 6) is 0.381. The third-order valence-corrected chi connectivity index (χ3v) is 7.34. The lowest BCUT2D eigenvalue weighted by Crippen LogP contribution is -2.47. The van der Waals surface area contributed by atoms with Crippen LogP contribution in [0.4, 0.5) is 0 Å². The maximum absolute atomic E-state index is 11.7. The summed E-state index contributed by atoms with van der Waals surface area (Å²) in [5, 5.41) is 20.5. The molecule has 3 N–H and O–H groups in total. The Bertz CT molecular complexity index is 1090.